The molecule has 27 heavy (non-hydrogen) atoms. The zero-order chi connectivity index (χ0) is 19.5. The van der Waals surface area contributed by atoms with Crippen LogP contribution in [0.2, 0.25) is 0 Å². The van der Waals surface area contributed by atoms with E-state index < -0.39 is 0 Å². The largest absolute Gasteiger partial charge is 0.763 e. The van der Waals surface area contributed by atoms with Crippen LogP contribution in [0.3, 0.4) is 0 Å². The quantitative estimate of drug-likeness (QED) is 0.264. The molecule has 0 saturated heterocycles. The highest BCUT2D eigenvalue weighted by molar-refractivity contribution is 6.07. The average molecular weight is 363 g/mol. The maximum atomic E-state index is 12.4. The molecule has 0 aromatic carbocycles. The van der Waals surface area contributed by atoms with Gasteiger partial charge in [-0.15, -0.1) is 0 Å². The molecule has 4 heteroatoms. The molecule has 2 fully saturated rings. The van der Waals surface area contributed by atoms with E-state index in [1.54, 1.807) is 18.2 Å². The van der Waals surface area contributed by atoms with E-state index in [-0.39, 0.29) is 34.7 Å². The lowest BCUT2D eigenvalue weighted by Crippen LogP contribution is -2.19. The minimum Gasteiger partial charge on any atom is -0.763 e. The highest BCUT2D eigenvalue weighted by atomic mass is 16.1. The third-order valence-electron chi connectivity index (χ3n) is 5.45. The van der Waals surface area contributed by atoms with Gasteiger partial charge in [0.2, 0.25) is 5.70 Å². The Labute approximate surface area is 162 Å². The topological polar surface area (TPSA) is 60.8 Å². The van der Waals surface area contributed by atoms with Crippen LogP contribution in [0.4, 0.5) is 0 Å². The van der Waals surface area contributed by atoms with Gasteiger partial charge in [-0.05, 0) is 31.8 Å². The summed E-state index contributed by atoms with van der Waals surface area (Å²) in [7, 11) is 0. The van der Waals surface area contributed by atoms with E-state index in [2.05, 4.69) is 4.85 Å². The lowest BCUT2D eigenvalue weighted by atomic mass is 9.84. The summed E-state index contributed by atoms with van der Waals surface area (Å²) in [5.74, 6) is 1.83. The average Bonchev–Trinajstić information content (AvgIpc) is 2.74. The molecule has 0 bridgehead atoms. The number of carbonyl (C=O) groups is 2. The van der Waals surface area contributed by atoms with Gasteiger partial charge in [0.15, 0.2) is 11.6 Å². The van der Waals surface area contributed by atoms with Gasteiger partial charge in [0.25, 0.3) is 0 Å². The van der Waals surface area contributed by atoms with Crippen LogP contribution in [-0.4, -0.2) is 17.4 Å². The molecule has 4 nitrogen and oxygen atoms in total. The van der Waals surface area contributed by atoms with Crippen LogP contribution in [0.25, 0.3) is 10.3 Å². The van der Waals surface area contributed by atoms with Gasteiger partial charge < -0.3 is 10.2 Å². The van der Waals surface area contributed by atoms with Gasteiger partial charge in [-0.3, -0.25) is 10.7 Å². The van der Waals surface area contributed by atoms with Gasteiger partial charge in [0.05, 0.1) is 6.57 Å². The van der Waals surface area contributed by atoms with E-state index in [1.807, 2.05) is 5.87 Å². The number of nitrogens with zero attached hydrogens (tertiary/aromatic N) is 2. The van der Waals surface area contributed by atoms with Crippen molar-refractivity contribution in [1.82, 2.24) is 0 Å². The SMILES string of the molecule is [C-]#[N+]C(=CC=CC=CC(=C=[N-])C(=O)C1CCCCC1)C(=O)C1CCCCC1. The summed E-state index contributed by atoms with van der Waals surface area (Å²) in [6.45, 7) is 7.25. The van der Waals surface area contributed by atoms with Crippen LogP contribution >= 0.6 is 0 Å². The number of allylic oxidation sites excluding steroid dienone is 7. The van der Waals surface area contributed by atoms with Crippen LogP contribution in [0, 0.1) is 18.4 Å². The number of hydrogen-bond donors (Lipinski definition) is 0. The first kappa shape index (κ1) is 20.8. The number of hydrogen-bond acceptors (Lipinski definition) is 2. The first-order valence-corrected chi connectivity index (χ1v) is 9.95. The van der Waals surface area contributed by atoms with Crippen LogP contribution in [0.1, 0.15) is 64.2 Å². The lowest BCUT2D eigenvalue weighted by molar-refractivity contribution is -0.120. The first-order valence-electron chi connectivity index (χ1n) is 9.95. The number of carbonyl (C=O) groups excluding carboxylic acids is 2. The summed E-state index contributed by atoms with van der Waals surface area (Å²) in [6, 6.07) is 0. The molecular weight excluding hydrogens is 336 g/mol. The third kappa shape index (κ3) is 6.31. The smallest absolute Gasteiger partial charge is 0.229 e. The Morgan fingerprint density at radius 2 is 1.41 bits per heavy atom. The molecule has 0 radical (unpaired) electrons. The maximum Gasteiger partial charge on any atom is 0.229 e. The molecule has 2 rings (SSSR count). The Kier molecular flexibility index (Phi) is 8.68. The Balaban J connectivity index is 1.94. The fourth-order valence-electron chi connectivity index (χ4n) is 3.87. The molecule has 2 saturated carbocycles. The fourth-order valence-corrected chi connectivity index (χ4v) is 3.87. The Morgan fingerprint density at radius 3 is 1.93 bits per heavy atom. The summed E-state index contributed by atoms with van der Waals surface area (Å²) in [4.78, 5) is 28.1. The van der Waals surface area contributed by atoms with Gasteiger partial charge in [-0.25, -0.2) is 4.85 Å². The van der Waals surface area contributed by atoms with Crippen molar-refractivity contribution in [3.05, 3.63) is 58.5 Å². The molecule has 0 amide bonds. The molecule has 2 aliphatic rings. The van der Waals surface area contributed by atoms with E-state index in [4.69, 9.17) is 6.57 Å². The van der Waals surface area contributed by atoms with E-state index >= 15 is 0 Å². The zero-order valence-corrected chi connectivity index (χ0v) is 15.8. The van der Waals surface area contributed by atoms with Crippen LogP contribution in [-0.2, 0) is 9.59 Å². The molecule has 0 aliphatic heterocycles. The molecule has 0 aromatic heterocycles. The summed E-state index contributed by atoms with van der Waals surface area (Å²) in [6.07, 6.45) is 18.0. The summed E-state index contributed by atoms with van der Waals surface area (Å²) >= 11 is 0. The summed E-state index contributed by atoms with van der Waals surface area (Å²) in [5.41, 5.74) is 0.341. The second-order valence-electron chi connectivity index (χ2n) is 7.33. The van der Waals surface area contributed by atoms with Gasteiger partial charge >= 0.3 is 0 Å². The Morgan fingerprint density at radius 1 is 0.852 bits per heavy atom. The molecular formula is C23H27N2O2-. The number of Topliss-reactive ketones (excluding diaryl/α,β-unsaturated/α-hetero) is 2. The maximum absolute atomic E-state index is 12.4. The first-order chi connectivity index (χ1) is 13.2. The molecule has 2 aliphatic carbocycles. The Hall–Kier alpha value is -2.50. The number of rotatable bonds is 7. The summed E-state index contributed by atoms with van der Waals surface area (Å²) < 4.78 is 0. The van der Waals surface area contributed by atoms with Crippen molar-refractivity contribution in [2.24, 2.45) is 11.8 Å². The predicted molar refractivity (Wildman–Crippen MR) is 108 cm³/mol. The van der Waals surface area contributed by atoms with Gasteiger partial charge in [-0.2, -0.15) is 0 Å². The zero-order valence-electron chi connectivity index (χ0n) is 15.8. The van der Waals surface area contributed by atoms with Crippen molar-refractivity contribution < 1.29 is 9.59 Å². The highest BCUT2D eigenvalue weighted by Gasteiger charge is 2.24. The van der Waals surface area contributed by atoms with Crippen molar-refractivity contribution in [3.8, 4) is 0 Å². The standard InChI is InChI=1S/C23H27N2O2/c1-25-21(23(27)19-13-7-3-8-14-19)16-10-4-9-15-20(17-24)22(26)18-11-5-2-6-12-18/h4,9-10,15-16,18-19H,2-3,5-8,11-14H2/q-1. The van der Waals surface area contributed by atoms with E-state index in [0.717, 1.165) is 51.4 Å². The van der Waals surface area contributed by atoms with Crippen molar-refractivity contribution in [3.63, 3.8) is 0 Å². The molecule has 142 valence electrons. The predicted octanol–water partition coefficient (Wildman–Crippen LogP) is 5.37. The fraction of sp³-hybridized carbons (Fsp3) is 0.522. The van der Waals surface area contributed by atoms with Gasteiger partial charge in [0.1, 0.15) is 0 Å². The molecule has 0 atom stereocenters. The highest BCUT2D eigenvalue weighted by Crippen LogP contribution is 2.27. The van der Waals surface area contributed by atoms with E-state index in [1.165, 1.54) is 25.0 Å². The van der Waals surface area contributed by atoms with Gasteiger partial charge in [0, 0.05) is 17.4 Å². The second-order valence-corrected chi connectivity index (χ2v) is 7.33. The number of ketones is 2. The van der Waals surface area contributed by atoms with Crippen molar-refractivity contribution in [1.29, 1.82) is 0 Å². The van der Waals surface area contributed by atoms with E-state index in [9.17, 15) is 15.0 Å². The molecule has 0 heterocycles. The molecule has 0 aromatic rings. The van der Waals surface area contributed by atoms with Crippen LogP contribution in [0.5, 0.6) is 0 Å². The monoisotopic (exact) mass is 363 g/mol. The molecule has 0 unspecified atom stereocenters. The normalized spacial score (nSPS) is 19.7. The summed E-state index contributed by atoms with van der Waals surface area (Å²) in [5, 5.41) is 9.25. The van der Waals surface area contributed by atoms with Crippen LogP contribution < -0.4 is 0 Å². The Bertz CT molecular complexity index is 718. The van der Waals surface area contributed by atoms with E-state index in [0.29, 0.717) is 0 Å². The van der Waals surface area contributed by atoms with Crippen molar-refractivity contribution in [2.75, 3.05) is 0 Å². The minimum atomic E-state index is -0.0632. The third-order valence-corrected chi connectivity index (χ3v) is 5.45. The van der Waals surface area contributed by atoms with Crippen molar-refractivity contribution in [2.45, 2.75) is 64.2 Å². The second kappa shape index (κ2) is 11.3. The van der Waals surface area contributed by atoms with Crippen LogP contribution in [0.15, 0.2) is 41.7 Å². The minimum absolute atomic E-state index is 0.0188. The molecule has 0 spiro atoms. The van der Waals surface area contributed by atoms with Gasteiger partial charge in [-0.1, -0.05) is 62.8 Å². The van der Waals surface area contributed by atoms with Crippen molar-refractivity contribution >= 4 is 17.4 Å². The lowest BCUT2D eigenvalue weighted by Gasteiger charge is -2.20. The molecule has 0 N–H and O–H groups in total.